The van der Waals surface area contributed by atoms with Crippen LogP contribution in [0.15, 0.2) is 0 Å². The number of nitriles is 1. The topological polar surface area (TPSA) is 78.2 Å². The van der Waals surface area contributed by atoms with E-state index in [-0.39, 0.29) is 0 Å². The third-order valence-electron chi connectivity index (χ3n) is 1.26. The first-order valence-electron chi connectivity index (χ1n) is 3.30. The van der Waals surface area contributed by atoms with Crippen molar-refractivity contribution in [1.29, 1.82) is 5.26 Å². The molecule has 1 N–H and O–H groups in total. The normalized spacial score (nSPS) is 11.6. The van der Waals surface area contributed by atoms with Gasteiger partial charge >= 0.3 is 5.97 Å². The molecule has 0 aliphatic rings. The Morgan fingerprint density at radius 2 is 2.18 bits per heavy atom. The Labute approximate surface area is 64.4 Å². The second-order valence-electron chi connectivity index (χ2n) is 2.14. The van der Waals surface area contributed by atoms with Gasteiger partial charge in [-0.3, -0.25) is 4.79 Å². The number of carbonyl (C=O) groups excluding carboxylic acids is 1. The van der Waals surface area contributed by atoms with Crippen LogP contribution in [-0.4, -0.2) is 16.9 Å². The van der Waals surface area contributed by atoms with Gasteiger partial charge in [-0.25, -0.2) is 4.79 Å². The van der Waals surface area contributed by atoms with Crippen LogP contribution in [0.2, 0.25) is 0 Å². The van der Waals surface area contributed by atoms with E-state index in [4.69, 9.17) is 10.4 Å². The molecule has 0 aromatic heterocycles. The first kappa shape index (κ1) is 9.63. The fourth-order valence-corrected chi connectivity index (χ4v) is 0.692. The summed E-state index contributed by atoms with van der Waals surface area (Å²) in [5, 5.41) is 16.6. The molecule has 0 saturated heterocycles. The molecule has 0 amide bonds. The number of Topliss-reactive ketones (excluding diaryl/α,β-unsaturated/α-hetero) is 1. The van der Waals surface area contributed by atoms with Gasteiger partial charge < -0.3 is 5.11 Å². The zero-order valence-electron chi connectivity index (χ0n) is 6.20. The standard InChI is InChI=1S/C7H9NO3/c1-2-3-5(4-8)6(9)7(10)11/h5H,2-3H2,1H3,(H,10,11). The minimum absolute atomic E-state index is 0.321. The summed E-state index contributed by atoms with van der Waals surface area (Å²) in [5.41, 5.74) is 0. The number of carboxylic acids is 1. The van der Waals surface area contributed by atoms with E-state index in [9.17, 15) is 9.59 Å². The van der Waals surface area contributed by atoms with E-state index in [0.717, 1.165) is 0 Å². The molecule has 0 radical (unpaired) electrons. The smallest absolute Gasteiger partial charge is 0.373 e. The fourth-order valence-electron chi connectivity index (χ4n) is 0.692. The van der Waals surface area contributed by atoms with E-state index in [0.29, 0.717) is 12.8 Å². The van der Waals surface area contributed by atoms with Crippen molar-refractivity contribution in [1.82, 2.24) is 0 Å². The lowest BCUT2D eigenvalue weighted by Gasteiger charge is -2.00. The lowest BCUT2D eigenvalue weighted by atomic mass is 10.0. The van der Waals surface area contributed by atoms with Crippen molar-refractivity contribution in [3.05, 3.63) is 0 Å². The molecule has 0 aromatic carbocycles. The lowest BCUT2D eigenvalue weighted by Crippen LogP contribution is -2.21. The maximum absolute atomic E-state index is 10.6. The molecule has 0 fully saturated rings. The number of carboxylic acid groups (broad SMARTS) is 1. The number of hydrogen-bond acceptors (Lipinski definition) is 3. The second-order valence-corrected chi connectivity index (χ2v) is 2.14. The van der Waals surface area contributed by atoms with Crippen molar-refractivity contribution >= 4 is 11.8 Å². The van der Waals surface area contributed by atoms with Crippen molar-refractivity contribution in [3.63, 3.8) is 0 Å². The molecule has 0 bridgehead atoms. The first-order valence-corrected chi connectivity index (χ1v) is 3.30. The Morgan fingerprint density at radius 1 is 1.64 bits per heavy atom. The average molecular weight is 155 g/mol. The van der Waals surface area contributed by atoms with Crippen molar-refractivity contribution in [2.45, 2.75) is 19.8 Å². The number of aliphatic carboxylic acids is 1. The van der Waals surface area contributed by atoms with E-state index in [1.165, 1.54) is 0 Å². The molecule has 0 rings (SSSR count). The fraction of sp³-hybridized carbons (Fsp3) is 0.571. The molecule has 0 aromatic rings. The molecule has 4 nitrogen and oxygen atoms in total. The van der Waals surface area contributed by atoms with E-state index in [2.05, 4.69) is 0 Å². The summed E-state index contributed by atoms with van der Waals surface area (Å²) in [4.78, 5) is 20.7. The molecular formula is C7H9NO3. The van der Waals surface area contributed by atoms with E-state index < -0.39 is 17.7 Å². The van der Waals surface area contributed by atoms with Crippen LogP contribution in [0.1, 0.15) is 19.8 Å². The molecule has 1 atom stereocenters. The van der Waals surface area contributed by atoms with Crippen LogP contribution in [-0.2, 0) is 9.59 Å². The van der Waals surface area contributed by atoms with E-state index >= 15 is 0 Å². The third-order valence-corrected chi connectivity index (χ3v) is 1.26. The minimum atomic E-state index is -1.52. The van der Waals surface area contributed by atoms with Crippen molar-refractivity contribution < 1.29 is 14.7 Å². The molecule has 0 spiro atoms. The zero-order chi connectivity index (χ0) is 8.85. The molecule has 0 saturated carbocycles. The molecule has 4 heteroatoms. The highest BCUT2D eigenvalue weighted by molar-refractivity contribution is 6.34. The zero-order valence-corrected chi connectivity index (χ0v) is 6.20. The van der Waals surface area contributed by atoms with Gasteiger partial charge in [0.15, 0.2) is 0 Å². The summed E-state index contributed by atoms with van der Waals surface area (Å²) in [6, 6.07) is 1.65. The number of nitrogens with zero attached hydrogens (tertiary/aromatic N) is 1. The molecule has 11 heavy (non-hydrogen) atoms. The van der Waals surface area contributed by atoms with Crippen LogP contribution < -0.4 is 0 Å². The summed E-state index contributed by atoms with van der Waals surface area (Å²) in [6.07, 6.45) is 0.957. The van der Waals surface area contributed by atoms with Gasteiger partial charge in [0.05, 0.1) is 6.07 Å². The first-order chi connectivity index (χ1) is 5.13. The van der Waals surface area contributed by atoms with Gasteiger partial charge in [-0.15, -0.1) is 0 Å². The highest BCUT2D eigenvalue weighted by atomic mass is 16.4. The summed E-state index contributed by atoms with van der Waals surface area (Å²) in [6.45, 7) is 1.79. The van der Waals surface area contributed by atoms with Gasteiger partial charge in [0.2, 0.25) is 0 Å². The monoisotopic (exact) mass is 155 g/mol. The van der Waals surface area contributed by atoms with Crippen LogP contribution in [0.4, 0.5) is 0 Å². The largest absolute Gasteiger partial charge is 0.475 e. The van der Waals surface area contributed by atoms with Crippen LogP contribution in [0.3, 0.4) is 0 Å². The van der Waals surface area contributed by atoms with Gasteiger partial charge in [-0.05, 0) is 6.42 Å². The molecule has 0 heterocycles. The molecule has 1 unspecified atom stereocenters. The van der Waals surface area contributed by atoms with Crippen LogP contribution >= 0.6 is 0 Å². The van der Waals surface area contributed by atoms with Crippen molar-refractivity contribution in [2.75, 3.05) is 0 Å². The Hall–Kier alpha value is -1.37. The van der Waals surface area contributed by atoms with Crippen molar-refractivity contribution in [3.8, 4) is 6.07 Å². The Morgan fingerprint density at radius 3 is 2.45 bits per heavy atom. The SMILES string of the molecule is CCCC(C#N)C(=O)C(=O)O. The Bertz CT molecular complexity index is 204. The highest BCUT2D eigenvalue weighted by Gasteiger charge is 2.23. The molecule has 0 aliphatic heterocycles. The van der Waals surface area contributed by atoms with E-state index in [1.54, 1.807) is 13.0 Å². The number of hydrogen-bond donors (Lipinski definition) is 1. The Kier molecular flexibility index (Phi) is 3.89. The maximum Gasteiger partial charge on any atom is 0.373 e. The predicted molar refractivity (Wildman–Crippen MR) is 36.7 cm³/mol. The summed E-state index contributed by atoms with van der Waals surface area (Å²) >= 11 is 0. The van der Waals surface area contributed by atoms with E-state index in [1.807, 2.05) is 0 Å². The average Bonchev–Trinajstić information content (AvgIpc) is 1.98. The van der Waals surface area contributed by atoms with Gasteiger partial charge in [-0.1, -0.05) is 13.3 Å². The van der Waals surface area contributed by atoms with Crippen LogP contribution in [0.25, 0.3) is 0 Å². The number of ketones is 1. The predicted octanol–water partition coefficient (Wildman–Crippen LogP) is 0.580. The summed E-state index contributed by atoms with van der Waals surface area (Å²) < 4.78 is 0. The van der Waals surface area contributed by atoms with Crippen LogP contribution in [0.5, 0.6) is 0 Å². The number of rotatable bonds is 4. The van der Waals surface area contributed by atoms with Gasteiger partial charge in [0, 0.05) is 0 Å². The van der Waals surface area contributed by atoms with Gasteiger partial charge in [0.25, 0.3) is 5.78 Å². The van der Waals surface area contributed by atoms with Crippen LogP contribution in [0, 0.1) is 17.2 Å². The minimum Gasteiger partial charge on any atom is -0.475 e. The second kappa shape index (κ2) is 4.45. The third kappa shape index (κ3) is 2.80. The molecule has 0 aliphatic carbocycles. The number of carbonyl (C=O) groups is 2. The van der Waals surface area contributed by atoms with Crippen molar-refractivity contribution in [2.24, 2.45) is 5.92 Å². The summed E-state index contributed by atoms with van der Waals surface area (Å²) in [7, 11) is 0. The Balaban J connectivity index is 4.17. The maximum atomic E-state index is 10.6. The van der Waals surface area contributed by atoms with Gasteiger partial charge in [-0.2, -0.15) is 5.26 Å². The molecule has 60 valence electrons. The van der Waals surface area contributed by atoms with Gasteiger partial charge in [0.1, 0.15) is 5.92 Å². The summed E-state index contributed by atoms with van der Waals surface area (Å²) in [5.74, 6) is -3.50. The highest BCUT2D eigenvalue weighted by Crippen LogP contribution is 2.05. The lowest BCUT2D eigenvalue weighted by molar-refractivity contribution is -0.150. The quantitative estimate of drug-likeness (QED) is 0.602. The molecular weight excluding hydrogens is 146 g/mol.